The topological polar surface area (TPSA) is 123 Å². The van der Waals surface area contributed by atoms with Crippen LogP contribution in [-0.2, 0) is 9.47 Å². The number of rotatable bonds is 3. The zero-order chi connectivity index (χ0) is 14.3. The molecule has 9 heteroatoms. The van der Waals surface area contributed by atoms with Gasteiger partial charge >= 0.3 is 0 Å². The lowest BCUT2D eigenvalue weighted by molar-refractivity contribution is -0.0580. The number of ether oxygens (including phenoxy) is 2. The van der Waals surface area contributed by atoms with Crippen LogP contribution in [0.3, 0.4) is 0 Å². The van der Waals surface area contributed by atoms with E-state index in [9.17, 15) is 15.3 Å². The molecule has 2 aromatic heterocycles. The Bertz CT molecular complexity index is 618. The summed E-state index contributed by atoms with van der Waals surface area (Å²) in [6.07, 6.45) is -1.18. The van der Waals surface area contributed by atoms with Gasteiger partial charge in [-0.2, -0.15) is 4.98 Å². The summed E-state index contributed by atoms with van der Waals surface area (Å²) in [7, 11) is 1.48. The van der Waals surface area contributed by atoms with E-state index < -0.39 is 24.5 Å². The minimum Gasteiger partial charge on any atom is -0.492 e. The summed E-state index contributed by atoms with van der Waals surface area (Å²) in [5.41, 5.74) is 0.514. The van der Waals surface area contributed by atoms with Gasteiger partial charge in [-0.25, -0.2) is 9.97 Å². The molecule has 108 valence electrons. The van der Waals surface area contributed by atoms with Gasteiger partial charge in [-0.1, -0.05) is 0 Å². The van der Waals surface area contributed by atoms with Crippen LogP contribution in [0.4, 0.5) is 0 Å². The van der Waals surface area contributed by atoms with Crippen molar-refractivity contribution < 1.29 is 24.8 Å². The van der Waals surface area contributed by atoms with Gasteiger partial charge in [0.1, 0.15) is 24.6 Å². The predicted molar refractivity (Wildman–Crippen MR) is 64.8 cm³/mol. The van der Waals surface area contributed by atoms with E-state index >= 15 is 0 Å². The van der Waals surface area contributed by atoms with Gasteiger partial charge in [0.2, 0.25) is 5.88 Å². The van der Waals surface area contributed by atoms with E-state index in [0.717, 1.165) is 0 Å². The lowest BCUT2D eigenvalue weighted by Crippen LogP contribution is -2.33. The van der Waals surface area contributed by atoms with E-state index in [-0.39, 0.29) is 18.0 Å². The fraction of sp³-hybridized carbons (Fsp3) is 0.545. The molecule has 9 nitrogen and oxygen atoms in total. The monoisotopic (exact) mass is 282 g/mol. The maximum atomic E-state index is 10.1. The first-order valence-electron chi connectivity index (χ1n) is 6.00. The Kier molecular flexibility index (Phi) is 3.26. The smallest absolute Gasteiger partial charge is 0.242 e. The maximum Gasteiger partial charge on any atom is 0.242 e. The van der Waals surface area contributed by atoms with Gasteiger partial charge in [-0.3, -0.25) is 4.57 Å². The summed E-state index contributed by atoms with van der Waals surface area (Å²) < 4.78 is 11.9. The highest BCUT2D eigenvalue weighted by Gasteiger charge is 2.44. The molecular weight excluding hydrogens is 268 g/mol. The number of aliphatic hydroxyl groups is 2. The fourth-order valence-electron chi connectivity index (χ4n) is 2.29. The number of aliphatic hydroxyl groups excluding tert-OH is 2. The van der Waals surface area contributed by atoms with Crippen molar-refractivity contribution in [3.63, 3.8) is 0 Å². The van der Waals surface area contributed by atoms with E-state index in [1.165, 1.54) is 24.3 Å². The molecule has 0 spiro atoms. The fourth-order valence-corrected chi connectivity index (χ4v) is 2.29. The molecule has 0 amide bonds. The Hall–Kier alpha value is -1.81. The quantitative estimate of drug-likeness (QED) is 0.641. The van der Waals surface area contributed by atoms with Crippen LogP contribution in [0.1, 0.15) is 6.23 Å². The summed E-state index contributed by atoms with van der Waals surface area (Å²) in [5, 5.41) is 29.6. The molecule has 0 saturated carbocycles. The van der Waals surface area contributed by atoms with Crippen molar-refractivity contribution in [1.82, 2.24) is 19.5 Å². The first-order chi connectivity index (χ1) is 9.63. The van der Waals surface area contributed by atoms with Gasteiger partial charge in [-0.15, -0.1) is 0 Å². The summed E-state index contributed by atoms with van der Waals surface area (Å²) in [6.45, 7) is 0.154. The molecular formula is C11H14N4O5. The average Bonchev–Trinajstić information content (AvgIpc) is 2.97. The second-order valence-corrected chi connectivity index (χ2v) is 4.52. The van der Waals surface area contributed by atoms with Gasteiger partial charge in [0.05, 0.1) is 12.9 Å². The molecule has 0 aromatic carbocycles. The Morgan fingerprint density at radius 1 is 1.30 bits per heavy atom. The van der Waals surface area contributed by atoms with Crippen LogP contribution < -0.4 is 0 Å². The standard InChI is InChI=1S/C11H14N4O5/c1-19-2-5-7(16)8(17)11(20-5)15-4-14-6-9(15)12-3-13-10(6)18/h3-5,7-8,11,16-17H,2H2,1H3,(H,12,13,18)/t5-,7-,8-,11-/m1/s1. The maximum absolute atomic E-state index is 10.1. The molecule has 1 saturated heterocycles. The zero-order valence-corrected chi connectivity index (χ0v) is 10.6. The molecule has 0 radical (unpaired) electrons. The molecule has 0 aliphatic carbocycles. The van der Waals surface area contributed by atoms with Gasteiger partial charge in [0.15, 0.2) is 17.4 Å². The molecule has 1 aliphatic rings. The zero-order valence-electron chi connectivity index (χ0n) is 10.6. The Labute approximate surface area is 113 Å². The van der Waals surface area contributed by atoms with Crippen LogP contribution in [-0.4, -0.2) is 66.9 Å². The highest BCUT2D eigenvalue weighted by Crippen LogP contribution is 2.32. The molecule has 3 N–H and O–H groups in total. The number of aromatic hydroxyl groups is 1. The number of fused-ring (bicyclic) bond motifs is 1. The number of aromatic nitrogens is 4. The van der Waals surface area contributed by atoms with Gasteiger partial charge in [0, 0.05) is 7.11 Å². The molecule has 4 atom stereocenters. The van der Waals surface area contributed by atoms with E-state index in [0.29, 0.717) is 5.65 Å². The third kappa shape index (κ3) is 1.91. The number of methoxy groups -OCH3 is 1. The number of imidazole rings is 1. The lowest BCUT2D eigenvalue weighted by atomic mass is 10.1. The summed E-state index contributed by atoms with van der Waals surface area (Å²) >= 11 is 0. The normalized spacial score (nSPS) is 30.1. The molecule has 3 rings (SSSR count). The molecule has 1 aliphatic heterocycles. The minimum atomic E-state index is -1.15. The molecule has 0 bridgehead atoms. The largest absolute Gasteiger partial charge is 0.492 e. The van der Waals surface area contributed by atoms with Crippen molar-refractivity contribution in [3.05, 3.63) is 12.7 Å². The van der Waals surface area contributed by atoms with Crippen molar-refractivity contribution in [1.29, 1.82) is 0 Å². The van der Waals surface area contributed by atoms with E-state index in [2.05, 4.69) is 15.0 Å². The Morgan fingerprint density at radius 2 is 2.10 bits per heavy atom. The Balaban J connectivity index is 1.97. The van der Waals surface area contributed by atoms with Crippen molar-refractivity contribution in [2.45, 2.75) is 24.5 Å². The SMILES string of the molecule is COC[C@H]1O[C@@H](n2cnc3c(O)ncnc32)[C@H](O)[C@@H]1O. The number of hydrogen-bond acceptors (Lipinski definition) is 8. The molecule has 2 aromatic rings. The average molecular weight is 282 g/mol. The lowest BCUT2D eigenvalue weighted by Gasteiger charge is -2.16. The van der Waals surface area contributed by atoms with Crippen LogP contribution in [0, 0.1) is 0 Å². The van der Waals surface area contributed by atoms with Gasteiger partial charge in [0.25, 0.3) is 0 Å². The third-order valence-electron chi connectivity index (χ3n) is 3.28. The summed E-state index contributed by atoms with van der Waals surface area (Å²) in [6, 6.07) is 0. The van der Waals surface area contributed by atoms with Crippen molar-refractivity contribution in [3.8, 4) is 5.88 Å². The van der Waals surface area contributed by atoms with Crippen LogP contribution in [0.15, 0.2) is 12.7 Å². The molecule has 1 fully saturated rings. The highest BCUT2D eigenvalue weighted by atomic mass is 16.6. The van der Waals surface area contributed by atoms with E-state index in [1.807, 2.05) is 0 Å². The van der Waals surface area contributed by atoms with Crippen LogP contribution >= 0.6 is 0 Å². The van der Waals surface area contributed by atoms with Gasteiger partial charge in [-0.05, 0) is 0 Å². The molecule has 3 heterocycles. The van der Waals surface area contributed by atoms with Crippen molar-refractivity contribution >= 4 is 11.2 Å². The van der Waals surface area contributed by atoms with Gasteiger partial charge < -0.3 is 24.8 Å². The third-order valence-corrected chi connectivity index (χ3v) is 3.28. The van der Waals surface area contributed by atoms with Crippen LogP contribution in [0.25, 0.3) is 11.2 Å². The first kappa shape index (κ1) is 13.2. The number of nitrogens with zero attached hydrogens (tertiary/aromatic N) is 4. The van der Waals surface area contributed by atoms with Crippen molar-refractivity contribution in [2.75, 3.05) is 13.7 Å². The van der Waals surface area contributed by atoms with E-state index in [4.69, 9.17) is 9.47 Å². The highest BCUT2D eigenvalue weighted by molar-refractivity contribution is 5.75. The predicted octanol–water partition coefficient (Wildman–Crippen LogP) is -1.20. The summed E-state index contributed by atoms with van der Waals surface area (Å²) in [4.78, 5) is 11.6. The van der Waals surface area contributed by atoms with E-state index in [1.54, 1.807) is 0 Å². The van der Waals surface area contributed by atoms with Crippen LogP contribution in [0.2, 0.25) is 0 Å². The molecule has 0 unspecified atom stereocenters. The second-order valence-electron chi connectivity index (χ2n) is 4.52. The molecule has 20 heavy (non-hydrogen) atoms. The van der Waals surface area contributed by atoms with Crippen molar-refractivity contribution in [2.24, 2.45) is 0 Å². The van der Waals surface area contributed by atoms with Crippen LogP contribution in [0.5, 0.6) is 5.88 Å². The minimum absolute atomic E-state index is 0.154. The first-order valence-corrected chi connectivity index (χ1v) is 6.00. The summed E-state index contributed by atoms with van der Waals surface area (Å²) in [5.74, 6) is -0.254. The Morgan fingerprint density at radius 3 is 2.85 bits per heavy atom. The number of hydrogen-bond donors (Lipinski definition) is 3. The second kappa shape index (κ2) is 4.94.